The van der Waals surface area contributed by atoms with Gasteiger partial charge in [0.2, 0.25) is 0 Å². The summed E-state index contributed by atoms with van der Waals surface area (Å²) in [5, 5.41) is 8.38. The molecule has 1 aliphatic rings. The first-order valence-corrected chi connectivity index (χ1v) is 4.30. The second-order valence-electron chi connectivity index (χ2n) is 2.77. The van der Waals surface area contributed by atoms with Crippen molar-refractivity contribution in [1.29, 1.82) is 0 Å². The van der Waals surface area contributed by atoms with Crippen LogP contribution < -0.4 is 0 Å². The lowest BCUT2D eigenvalue weighted by molar-refractivity contribution is -0.168. The van der Waals surface area contributed by atoms with Crippen LogP contribution in [0.3, 0.4) is 0 Å². The molecule has 6 heteroatoms. The maximum absolute atomic E-state index is 10.9. The van der Waals surface area contributed by atoms with Gasteiger partial charge < -0.3 is 19.3 Å². The molecule has 1 atom stereocenters. The minimum absolute atomic E-state index is 0.0182. The Morgan fingerprint density at radius 2 is 2.00 bits per heavy atom. The van der Waals surface area contributed by atoms with E-state index in [1.54, 1.807) is 0 Å². The summed E-state index contributed by atoms with van der Waals surface area (Å²) in [6.07, 6.45) is 0.245. The molecule has 0 radical (unpaired) electrons. The minimum Gasteiger partial charge on any atom is -0.457 e. The fourth-order valence-corrected chi connectivity index (χ4v) is 0.680. The van der Waals surface area contributed by atoms with E-state index in [9.17, 15) is 9.59 Å². The number of carbonyl (C=O) groups is 2. The molecule has 1 heterocycles. The third-order valence-electron chi connectivity index (χ3n) is 1.50. The molecule has 0 amide bonds. The van der Waals surface area contributed by atoms with Crippen molar-refractivity contribution in [3.8, 4) is 0 Å². The largest absolute Gasteiger partial charge is 0.457 e. The number of esters is 2. The van der Waals surface area contributed by atoms with Crippen LogP contribution in [0.2, 0.25) is 0 Å². The standard InChI is InChI=1S/C8H12O6/c9-2-1-3-12-7(10)8(11)14-5-6-4-13-6/h6,9H,1-5H2. The number of aliphatic hydroxyl groups is 1. The Labute approximate surface area is 80.7 Å². The summed E-state index contributed by atoms with van der Waals surface area (Å²) in [6.45, 7) is 0.587. The molecule has 0 saturated carbocycles. The highest BCUT2D eigenvalue weighted by Crippen LogP contribution is 2.08. The average Bonchev–Trinajstić information content (AvgIpc) is 2.98. The first-order valence-electron chi connectivity index (χ1n) is 4.30. The van der Waals surface area contributed by atoms with Crippen LogP contribution in [0.25, 0.3) is 0 Å². The first-order chi connectivity index (χ1) is 6.74. The lowest BCUT2D eigenvalue weighted by Crippen LogP contribution is -2.22. The number of aliphatic hydroxyl groups excluding tert-OH is 1. The van der Waals surface area contributed by atoms with Crippen LogP contribution in [0, 0.1) is 0 Å². The van der Waals surface area contributed by atoms with Crippen molar-refractivity contribution in [2.24, 2.45) is 0 Å². The number of hydrogen-bond acceptors (Lipinski definition) is 6. The lowest BCUT2D eigenvalue weighted by atomic mass is 10.5. The van der Waals surface area contributed by atoms with Crippen LogP contribution in [0.15, 0.2) is 0 Å². The Kier molecular flexibility index (Phi) is 4.34. The van der Waals surface area contributed by atoms with Crippen molar-refractivity contribution in [2.45, 2.75) is 12.5 Å². The number of ether oxygens (including phenoxy) is 3. The molecule has 1 fully saturated rings. The maximum atomic E-state index is 10.9. The van der Waals surface area contributed by atoms with Gasteiger partial charge >= 0.3 is 11.9 Å². The van der Waals surface area contributed by atoms with Crippen LogP contribution >= 0.6 is 0 Å². The molecule has 0 aromatic heterocycles. The normalized spacial score (nSPS) is 18.8. The smallest absolute Gasteiger partial charge is 0.417 e. The lowest BCUT2D eigenvalue weighted by Gasteiger charge is -2.02. The van der Waals surface area contributed by atoms with Crippen LogP contribution in [0.1, 0.15) is 6.42 Å². The van der Waals surface area contributed by atoms with Crippen molar-refractivity contribution in [1.82, 2.24) is 0 Å². The summed E-state index contributed by atoms with van der Waals surface area (Å²) in [4.78, 5) is 21.7. The fraction of sp³-hybridized carbons (Fsp3) is 0.750. The Bertz CT molecular complexity index is 210. The molecule has 0 bridgehead atoms. The molecule has 1 N–H and O–H groups in total. The van der Waals surface area contributed by atoms with Gasteiger partial charge in [0.05, 0.1) is 13.2 Å². The van der Waals surface area contributed by atoms with E-state index in [-0.39, 0.29) is 25.9 Å². The Hall–Kier alpha value is -1.14. The van der Waals surface area contributed by atoms with E-state index in [4.69, 9.17) is 9.84 Å². The summed E-state index contributed by atoms with van der Waals surface area (Å²) in [5.41, 5.74) is 0. The van der Waals surface area contributed by atoms with Gasteiger partial charge in [-0.15, -0.1) is 0 Å². The average molecular weight is 204 g/mol. The van der Waals surface area contributed by atoms with Crippen molar-refractivity contribution in [3.05, 3.63) is 0 Å². The van der Waals surface area contributed by atoms with Gasteiger partial charge in [-0.05, 0) is 0 Å². The predicted molar refractivity (Wildman–Crippen MR) is 43.4 cm³/mol. The molecule has 0 spiro atoms. The topological polar surface area (TPSA) is 85.4 Å². The zero-order valence-corrected chi connectivity index (χ0v) is 7.60. The zero-order chi connectivity index (χ0) is 10.4. The van der Waals surface area contributed by atoms with Gasteiger partial charge in [-0.3, -0.25) is 0 Å². The van der Waals surface area contributed by atoms with Crippen molar-refractivity contribution in [2.75, 3.05) is 26.4 Å². The quantitative estimate of drug-likeness (QED) is 0.263. The second kappa shape index (κ2) is 5.56. The Morgan fingerprint density at radius 3 is 2.57 bits per heavy atom. The Morgan fingerprint density at radius 1 is 1.36 bits per heavy atom. The molecule has 1 rings (SSSR count). The zero-order valence-electron chi connectivity index (χ0n) is 7.60. The molecule has 0 aromatic carbocycles. The highest BCUT2D eigenvalue weighted by atomic mass is 16.6. The molecule has 0 aliphatic carbocycles. The van der Waals surface area contributed by atoms with Gasteiger partial charge in [0.15, 0.2) is 0 Å². The predicted octanol–water partition coefficient (Wildman–Crippen LogP) is -1.15. The molecule has 80 valence electrons. The highest BCUT2D eigenvalue weighted by Gasteiger charge is 2.26. The van der Waals surface area contributed by atoms with E-state index >= 15 is 0 Å². The monoisotopic (exact) mass is 204 g/mol. The number of rotatable bonds is 5. The van der Waals surface area contributed by atoms with Gasteiger partial charge in [-0.2, -0.15) is 0 Å². The molecule has 0 aromatic rings. The molecule has 14 heavy (non-hydrogen) atoms. The van der Waals surface area contributed by atoms with Gasteiger partial charge in [0, 0.05) is 13.0 Å². The van der Waals surface area contributed by atoms with Crippen molar-refractivity contribution >= 4 is 11.9 Å². The van der Waals surface area contributed by atoms with E-state index in [0.29, 0.717) is 13.0 Å². The molecule has 6 nitrogen and oxygen atoms in total. The van der Waals surface area contributed by atoms with Gasteiger partial charge in [0.1, 0.15) is 12.7 Å². The number of epoxide rings is 1. The minimum atomic E-state index is -1.03. The van der Waals surface area contributed by atoms with Crippen LogP contribution in [0.4, 0.5) is 0 Å². The van der Waals surface area contributed by atoms with Crippen molar-refractivity contribution in [3.63, 3.8) is 0 Å². The van der Waals surface area contributed by atoms with Crippen LogP contribution in [-0.2, 0) is 23.8 Å². The SMILES string of the molecule is O=C(OCCCO)C(=O)OCC1CO1. The van der Waals surface area contributed by atoms with Gasteiger partial charge in [-0.25, -0.2) is 9.59 Å². The van der Waals surface area contributed by atoms with Crippen LogP contribution in [0.5, 0.6) is 0 Å². The maximum Gasteiger partial charge on any atom is 0.417 e. The van der Waals surface area contributed by atoms with E-state index in [1.165, 1.54) is 0 Å². The van der Waals surface area contributed by atoms with Gasteiger partial charge in [0.25, 0.3) is 0 Å². The number of hydrogen-bond donors (Lipinski definition) is 1. The van der Waals surface area contributed by atoms with Gasteiger partial charge in [-0.1, -0.05) is 0 Å². The third kappa shape index (κ3) is 4.20. The molecular formula is C8H12O6. The van der Waals surface area contributed by atoms with Crippen molar-refractivity contribution < 1.29 is 28.9 Å². The van der Waals surface area contributed by atoms with E-state index in [1.807, 2.05) is 0 Å². The summed E-state index contributed by atoms with van der Waals surface area (Å²) >= 11 is 0. The summed E-state index contributed by atoms with van der Waals surface area (Å²) in [6, 6.07) is 0. The van der Waals surface area contributed by atoms with E-state index < -0.39 is 11.9 Å². The molecule has 1 unspecified atom stereocenters. The second-order valence-corrected chi connectivity index (χ2v) is 2.77. The summed E-state index contributed by atoms with van der Waals surface area (Å²) < 4.78 is 13.8. The number of carbonyl (C=O) groups excluding carboxylic acids is 2. The summed E-state index contributed by atoms with van der Waals surface area (Å²) in [5.74, 6) is -2.04. The summed E-state index contributed by atoms with van der Waals surface area (Å²) in [7, 11) is 0. The highest BCUT2D eigenvalue weighted by molar-refractivity contribution is 6.29. The molecular weight excluding hydrogens is 192 g/mol. The van der Waals surface area contributed by atoms with Crippen LogP contribution in [-0.4, -0.2) is 49.6 Å². The first kappa shape index (κ1) is 10.9. The molecule has 1 aliphatic heterocycles. The fourth-order valence-electron chi connectivity index (χ4n) is 0.680. The Balaban J connectivity index is 2.05. The molecule has 1 saturated heterocycles. The third-order valence-corrected chi connectivity index (χ3v) is 1.50. The van der Waals surface area contributed by atoms with E-state index in [0.717, 1.165) is 0 Å². The van der Waals surface area contributed by atoms with E-state index in [2.05, 4.69) is 9.47 Å².